The van der Waals surface area contributed by atoms with Gasteiger partial charge in [0.25, 0.3) is 0 Å². The maximum atomic E-state index is 13.3. The molecule has 0 spiro atoms. The summed E-state index contributed by atoms with van der Waals surface area (Å²) >= 11 is 0. The van der Waals surface area contributed by atoms with Crippen molar-refractivity contribution in [2.75, 3.05) is 0 Å². The Bertz CT molecular complexity index is 375. The van der Waals surface area contributed by atoms with Crippen molar-refractivity contribution in [2.45, 2.75) is 33.1 Å². The van der Waals surface area contributed by atoms with Crippen LogP contribution in [0, 0.1) is 17.1 Å². The van der Waals surface area contributed by atoms with Crippen molar-refractivity contribution in [2.24, 2.45) is 0 Å². The van der Waals surface area contributed by atoms with Crippen molar-refractivity contribution in [3.05, 3.63) is 34.6 Å². The number of nitrogens with zero attached hydrogens (tertiary/aromatic N) is 1. The lowest BCUT2D eigenvalue weighted by atomic mass is 9.94. The molecule has 0 fully saturated rings. The van der Waals surface area contributed by atoms with Gasteiger partial charge in [-0.3, -0.25) is 0 Å². The largest absolute Gasteiger partial charge is 0.206 e. The molecular formula is C12H14FN. The van der Waals surface area contributed by atoms with Crippen LogP contribution in [0.4, 0.5) is 4.39 Å². The molecule has 1 nitrogen and oxygen atoms in total. The van der Waals surface area contributed by atoms with Crippen molar-refractivity contribution >= 4 is 0 Å². The topological polar surface area (TPSA) is 23.8 Å². The van der Waals surface area contributed by atoms with Crippen molar-refractivity contribution in [3.8, 4) is 6.07 Å². The zero-order chi connectivity index (χ0) is 10.7. The second-order valence-corrected chi connectivity index (χ2v) is 3.65. The fraction of sp³-hybridized carbons (Fsp3) is 0.417. The summed E-state index contributed by atoms with van der Waals surface area (Å²) in [5.74, 6) is -0.111. The van der Waals surface area contributed by atoms with Crippen LogP contribution in [-0.4, -0.2) is 0 Å². The smallest absolute Gasteiger partial charge is 0.141 e. The van der Waals surface area contributed by atoms with Crippen LogP contribution in [0.2, 0.25) is 0 Å². The molecule has 1 aromatic carbocycles. The van der Waals surface area contributed by atoms with Crippen LogP contribution in [0.5, 0.6) is 0 Å². The van der Waals surface area contributed by atoms with E-state index in [4.69, 9.17) is 5.26 Å². The van der Waals surface area contributed by atoms with Gasteiger partial charge in [-0.25, -0.2) is 4.39 Å². The Labute approximate surface area is 84.2 Å². The normalized spacial score (nSPS) is 10.3. The number of hydrogen-bond donors (Lipinski definition) is 0. The average molecular weight is 191 g/mol. The van der Waals surface area contributed by atoms with E-state index in [-0.39, 0.29) is 5.56 Å². The molecule has 0 aliphatic rings. The van der Waals surface area contributed by atoms with Gasteiger partial charge < -0.3 is 0 Å². The summed E-state index contributed by atoms with van der Waals surface area (Å²) in [4.78, 5) is 0. The Balaban J connectivity index is 3.33. The summed E-state index contributed by atoms with van der Waals surface area (Å²) in [6, 6.07) is 5.01. The van der Waals surface area contributed by atoms with Gasteiger partial charge in [0.2, 0.25) is 0 Å². The van der Waals surface area contributed by atoms with Crippen molar-refractivity contribution < 1.29 is 4.39 Å². The molecule has 0 saturated carbocycles. The maximum Gasteiger partial charge on any atom is 0.141 e. The first-order valence-corrected chi connectivity index (χ1v) is 4.82. The lowest BCUT2D eigenvalue weighted by Gasteiger charge is -2.12. The second-order valence-electron chi connectivity index (χ2n) is 3.65. The Hall–Kier alpha value is -1.36. The van der Waals surface area contributed by atoms with Gasteiger partial charge in [-0.05, 0) is 35.6 Å². The zero-order valence-electron chi connectivity index (χ0n) is 8.76. The molecule has 0 aromatic heterocycles. The SMILES string of the molecule is CCc1cc(C#N)c(F)cc1C(C)C. The van der Waals surface area contributed by atoms with Gasteiger partial charge in [0.05, 0.1) is 5.56 Å². The molecule has 0 atom stereocenters. The van der Waals surface area contributed by atoms with E-state index in [0.717, 1.165) is 17.5 Å². The molecular weight excluding hydrogens is 177 g/mol. The highest BCUT2D eigenvalue weighted by Gasteiger charge is 2.10. The van der Waals surface area contributed by atoms with E-state index in [1.807, 2.05) is 26.8 Å². The molecule has 0 radical (unpaired) electrons. The molecule has 1 aromatic rings. The minimum absolute atomic E-state index is 0.145. The molecule has 74 valence electrons. The van der Waals surface area contributed by atoms with E-state index < -0.39 is 5.82 Å². The molecule has 0 aliphatic carbocycles. The van der Waals surface area contributed by atoms with E-state index in [2.05, 4.69) is 0 Å². The molecule has 0 aliphatic heterocycles. The van der Waals surface area contributed by atoms with E-state index in [0.29, 0.717) is 5.92 Å². The Morgan fingerprint density at radius 1 is 1.43 bits per heavy atom. The summed E-state index contributed by atoms with van der Waals surface area (Å²) in [5, 5.41) is 8.68. The third kappa shape index (κ3) is 1.93. The van der Waals surface area contributed by atoms with Crippen LogP contribution in [-0.2, 0) is 6.42 Å². The fourth-order valence-electron chi connectivity index (χ4n) is 1.56. The number of aryl methyl sites for hydroxylation is 1. The third-order valence-corrected chi connectivity index (χ3v) is 2.35. The quantitative estimate of drug-likeness (QED) is 0.703. The highest BCUT2D eigenvalue weighted by molar-refractivity contribution is 5.40. The van der Waals surface area contributed by atoms with Gasteiger partial charge in [0, 0.05) is 0 Å². The highest BCUT2D eigenvalue weighted by Crippen LogP contribution is 2.23. The summed E-state index contributed by atoms with van der Waals surface area (Å²) in [6.45, 7) is 6.07. The molecule has 0 heterocycles. The molecule has 0 unspecified atom stereocenters. The fourth-order valence-corrected chi connectivity index (χ4v) is 1.56. The van der Waals surface area contributed by atoms with Crippen LogP contribution in [0.15, 0.2) is 12.1 Å². The van der Waals surface area contributed by atoms with E-state index in [1.165, 1.54) is 6.07 Å². The number of benzene rings is 1. The minimum Gasteiger partial charge on any atom is -0.206 e. The molecule has 0 amide bonds. The molecule has 0 saturated heterocycles. The first-order valence-electron chi connectivity index (χ1n) is 4.82. The van der Waals surface area contributed by atoms with Crippen molar-refractivity contribution in [1.29, 1.82) is 5.26 Å². The first kappa shape index (κ1) is 10.7. The standard InChI is InChI=1S/C12H14FN/c1-4-9-5-10(7-14)12(13)6-11(9)8(2)3/h5-6,8H,4H2,1-3H3. The average Bonchev–Trinajstić information content (AvgIpc) is 2.17. The molecule has 0 N–H and O–H groups in total. The van der Waals surface area contributed by atoms with Crippen LogP contribution >= 0.6 is 0 Å². The van der Waals surface area contributed by atoms with Crippen molar-refractivity contribution in [3.63, 3.8) is 0 Å². The van der Waals surface area contributed by atoms with Crippen LogP contribution in [0.25, 0.3) is 0 Å². The number of nitriles is 1. The lowest BCUT2D eigenvalue weighted by molar-refractivity contribution is 0.618. The Kier molecular flexibility index (Phi) is 3.24. The van der Waals surface area contributed by atoms with Crippen LogP contribution in [0.1, 0.15) is 43.4 Å². The lowest BCUT2D eigenvalue weighted by Crippen LogP contribution is -1.98. The van der Waals surface area contributed by atoms with Gasteiger partial charge in [-0.2, -0.15) is 5.26 Å². The van der Waals surface area contributed by atoms with Gasteiger partial charge >= 0.3 is 0 Å². The third-order valence-electron chi connectivity index (χ3n) is 2.35. The van der Waals surface area contributed by atoms with Gasteiger partial charge in [-0.15, -0.1) is 0 Å². The number of rotatable bonds is 2. The Morgan fingerprint density at radius 3 is 2.50 bits per heavy atom. The number of hydrogen-bond acceptors (Lipinski definition) is 1. The summed E-state index contributed by atoms with van der Waals surface area (Å²) in [5.41, 5.74) is 2.22. The van der Waals surface area contributed by atoms with Gasteiger partial charge in [0.1, 0.15) is 11.9 Å². The molecule has 14 heavy (non-hydrogen) atoms. The summed E-state index contributed by atoms with van der Waals surface area (Å²) in [6.07, 6.45) is 0.836. The van der Waals surface area contributed by atoms with Crippen LogP contribution in [0.3, 0.4) is 0 Å². The van der Waals surface area contributed by atoms with Crippen LogP contribution < -0.4 is 0 Å². The summed E-state index contributed by atoms with van der Waals surface area (Å²) < 4.78 is 13.3. The second kappa shape index (κ2) is 4.23. The zero-order valence-corrected chi connectivity index (χ0v) is 8.76. The van der Waals surface area contributed by atoms with E-state index >= 15 is 0 Å². The predicted molar refractivity (Wildman–Crippen MR) is 54.6 cm³/mol. The first-order chi connectivity index (χ1) is 6.60. The number of halogens is 1. The highest BCUT2D eigenvalue weighted by atomic mass is 19.1. The monoisotopic (exact) mass is 191 g/mol. The van der Waals surface area contributed by atoms with E-state index in [9.17, 15) is 4.39 Å². The van der Waals surface area contributed by atoms with Gasteiger partial charge in [-0.1, -0.05) is 20.8 Å². The molecule has 2 heteroatoms. The minimum atomic E-state index is -0.409. The van der Waals surface area contributed by atoms with Crippen molar-refractivity contribution in [1.82, 2.24) is 0 Å². The van der Waals surface area contributed by atoms with E-state index in [1.54, 1.807) is 6.07 Å². The Morgan fingerprint density at radius 2 is 2.07 bits per heavy atom. The molecule has 0 bridgehead atoms. The summed E-state index contributed by atoms with van der Waals surface area (Å²) in [7, 11) is 0. The maximum absolute atomic E-state index is 13.3. The predicted octanol–water partition coefficient (Wildman–Crippen LogP) is 3.38. The van der Waals surface area contributed by atoms with Gasteiger partial charge in [0.15, 0.2) is 0 Å². The molecule has 1 rings (SSSR count).